The molecule has 16 heavy (non-hydrogen) atoms. The molecule has 0 aromatic rings. The molecule has 5 nitrogen and oxygen atoms in total. The average molecular weight is 267 g/mol. The van der Waals surface area contributed by atoms with Gasteiger partial charge in [0.1, 0.15) is 0 Å². The Hall–Kier alpha value is 0.0500. The second-order valence-corrected chi connectivity index (χ2v) is 6.02. The van der Waals surface area contributed by atoms with Gasteiger partial charge in [0, 0.05) is 32.4 Å². The molecule has 0 aliphatic heterocycles. The predicted octanol–water partition coefficient (Wildman–Crippen LogP) is 0.372. The third-order valence-electron chi connectivity index (χ3n) is 1.50. The largest absolute Gasteiger partial charge is 0.370 e. The van der Waals surface area contributed by atoms with Gasteiger partial charge in [-0.15, -0.1) is 0 Å². The van der Waals surface area contributed by atoms with Crippen molar-refractivity contribution in [2.75, 3.05) is 32.7 Å². The Morgan fingerprint density at radius 3 is 2.88 bits per heavy atom. The van der Waals surface area contributed by atoms with Crippen molar-refractivity contribution in [2.45, 2.75) is 18.7 Å². The van der Waals surface area contributed by atoms with Gasteiger partial charge in [-0.1, -0.05) is 21.6 Å². The molecule has 0 heterocycles. The molecule has 0 aliphatic rings. The second kappa shape index (κ2) is 11.5. The van der Waals surface area contributed by atoms with Crippen LogP contribution in [-0.4, -0.2) is 44.0 Å². The van der Waals surface area contributed by atoms with E-state index in [4.69, 9.17) is 10.5 Å². The molecular formula is C9H21N3O2S2. The van der Waals surface area contributed by atoms with Crippen LogP contribution in [-0.2, 0) is 9.53 Å². The maximum atomic E-state index is 11.3. The van der Waals surface area contributed by atoms with Crippen molar-refractivity contribution in [1.29, 1.82) is 0 Å². The second-order valence-electron chi connectivity index (χ2n) is 3.16. The molecule has 0 aliphatic carbocycles. The first-order valence-electron chi connectivity index (χ1n) is 5.17. The van der Waals surface area contributed by atoms with Gasteiger partial charge in [0.05, 0.1) is 12.1 Å². The number of hydrogen-bond donors (Lipinski definition) is 3. The normalized spacial score (nSPS) is 12.4. The van der Waals surface area contributed by atoms with Gasteiger partial charge >= 0.3 is 0 Å². The number of nitrogens with one attached hydrogen (secondary N) is 2. The molecule has 7 heteroatoms. The van der Waals surface area contributed by atoms with E-state index in [0.717, 1.165) is 12.3 Å². The van der Waals surface area contributed by atoms with Crippen LogP contribution >= 0.6 is 21.6 Å². The van der Waals surface area contributed by atoms with Crippen molar-refractivity contribution in [1.82, 2.24) is 10.6 Å². The summed E-state index contributed by atoms with van der Waals surface area (Å²) in [7, 11) is 4.85. The Morgan fingerprint density at radius 1 is 1.50 bits per heavy atom. The summed E-state index contributed by atoms with van der Waals surface area (Å²) in [6.07, 6.45) is 0.536. The lowest BCUT2D eigenvalue weighted by Gasteiger charge is -2.06. The minimum atomic E-state index is 0.0805. The highest BCUT2D eigenvalue weighted by Crippen LogP contribution is 2.23. The molecular weight excluding hydrogens is 246 g/mol. The maximum Gasteiger partial charge on any atom is 0.220 e. The summed E-state index contributed by atoms with van der Waals surface area (Å²) in [5, 5.41) is 5.95. The average Bonchev–Trinajstić information content (AvgIpc) is 2.24. The van der Waals surface area contributed by atoms with E-state index in [0.29, 0.717) is 19.7 Å². The lowest BCUT2D eigenvalue weighted by molar-refractivity contribution is -0.120. The highest BCUT2D eigenvalue weighted by molar-refractivity contribution is 8.76. The lowest BCUT2D eigenvalue weighted by Crippen LogP contribution is -2.32. The Labute approximate surface area is 105 Å². The molecule has 0 aromatic carbocycles. The molecule has 1 unspecified atom stereocenters. The van der Waals surface area contributed by atoms with Crippen molar-refractivity contribution in [3.8, 4) is 0 Å². The fraction of sp³-hybridized carbons (Fsp3) is 0.889. The van der Waals surface area contributed by atoms with Crippen molar-refractivity contribution in [2.24, 2.45) is 5.73 Å². The predicted molar refractivity (Wildman–Crippen MR) is 71.2 cm³/mol. The van der Waals surface area contributed by atoms with Crippen LogP contribution in [0.15, 0.2) is 0 Å². The van der Waals surface area contributed by atoms with E-state index in [1.54, 1.807) is 28.7 Å². The van der Waals surface area contributed by atoms with Gasteiger partial charge in [0.25, 0.3) is 0 Å². The molecule has 1 atom stereocenters. The number of ether oxygens (including phenoxy) is 1. The smallest absolute Gasteiger partial charge is 0.220 e. The number of methoxy groups -OCH3 is 1. The molecule has 1 amide bonds. The van der Waals surface area contributed by atoms with Gasteiger partial charge < -0.3 is 15.8 Å². The van der Waals surface area contributed by atoms with E-state index in [1.807, 2.05) is 6.92 Å². The summed E-state index contributed by atoms with van der Waals surface area (Å²) in [6, 6.07) is 0. The van der Waals surface area contributed by atoms with Gasteiger partial charge in [-0.3, -0.25) is 10.1 Å². The molecule has 0 saturated heterocycles. The minimum absolute atomic E-state index is 0.0805. The standard InChI is InChI=1S/C9H21N3O2S2/c1-8(10)16-15-6-3-9(13)12-5-4-11-7-14-2/h8,11H,3-7,10H2,1-2H3,(H,12,13). The minimum Gasteiger partial charge on any atom is -0.370 e. The van der Waals surface area contributed by atoms with E-state index < -0.39 is 0 Å². The topological polar surface area (TPSA) is 76.4 Å². The molecule has 96 valence electrons. The summed E-state index contributed by atoms with van der Waals surface area (Å²) in [6.45, 7) is 3.80. The van der Waals surface area contributed by atoms with E-state index in [9.17, 15) is 4.79 Å². The van der Waals surface area contributed by atoms with E-state index in [2.05, 4.69) is 10.6 Å². The van der Waals surface area contributed by atoms with Crippen molar-refractivity contribution >= 4 is 27.5 Å². The van der Waals surface area contributed by atoms with E-state index >= 15 is 0 Å². The van der Waals surface area contributed by atoms with Crippen molar-refractivity contribution in [3.05, 3.63) is 0 Å². The van der Waals surface area contributed by atoms with Crippen LogP contribution in [0.1, 0.15) is 13.3 Å². The number of carbonyl (C=O) groups is 1. The molecule has 0 spiro atoms. The SMILES string of the molecule is COCNCCNC(=O)CCSSC(C)N. The fourth-order valence-electron chi connectivity index (χ4n) is 0.843. The quantitative estimate of drug-likeness (QED) is 0.302. The Morgan fingerprint density at radius 2 is 2.25 bits per heavy atom. The first-order chi connectivity index (χ1) is 7.66. The summed E-state index contributed by atoms with van der Waals surface area (Å²) in [5.41, 5.74) is 5.56. The summed E-state index contributed by atoms with van der Waals surface area (Å²) < 4.78 is 4.81. The molecule has 4 N–H and O–H groups in total. The van der Waals surface area contributed by atoms with Crippen LogP contribution in [0.25, 0.3) is 0 Å². The number of rotatable bonds is 10. The molecule has 0 radical (unpaired) electrons. The zero-order valence-electron chi connectivity index (χ0n) is 9.82. The van der Waals surface area contributed by atoms with Gasteiger partial charge in [0.15, 0.2) is 0 Å². The maximum absolute atomic E-state index is 11.3. The number of amides is 1. The first-order valence-corrected chi connectivity index (χ1v) is 7.55. The van der Waals surface area contributed by atoms with E-state index in [-0.39, 0.29) is 11.3 Å². The molecule has 0 rings (SSSR count). The lowest BCUT2D eigenvalue weighted by atomic mass is 10.4. The van der Waals surface area contributed by atoms with E-state index in [1.165, 1.54) is 0 Å². The fourth-order valence-corrected chi connectivity index (χ4v) is 2.60. The zero-order valence-corrected chi connectivity index (χ0v) is 11.5. The van der Waals surface area contributed by atoms with Crippen LogP contribution in [0.2, 0.25) is 0 Å². The third-order valence-corrected chi connectivity index (χ3v) is 4.13. The van der Waals surface area contributed by atoms with Gasteiger partial charge in [-0.2, -0.15) is 0 Å². The van der Waals surface area contributed by atoms with Crippen LogP contribution in [0, 0.1) is 0 Å². The molecule has 0 fully saturated rings. The number of hydrogen-bond acceptors (Lipinski definition) is 6. The monoisotopic (exact) mass is 267 g/mol. The summed E-state index contributed by atoms with van der Waals surface area (Å²) >= 11 is 0. The summed E-state index contributed by atoms with van der Waals surface area (Å²) in [5.74, 6) is 0.876. The van der Waals surface area contributed by atoms with Crippen LogP contribution in [0.5, 0.6) is 0 Å². The van der Waals surface area contributed by atoms with Crippen LogP contribution in [0.3, 0.4) is 0 Å². The Bertz CT molecular complexity index is 182. The third kappa shape index (κ3) is 12.1. The molecule has 0 saturated carbocycles. The van der Waals surface area contributed by atoms with Gasteiger partial charge in [-0.05, 0) is 6.92 Å². The number of carbonyl (C=O) groups excluding carboxylic acids is 1. The molecule has 0 aromatic heterocycles. The highest BCUT2D eigenvalue weighted by Gasteiger charge is 2.01. The Balaban J connectivity index is 3.18. The van der Waals surface area contributed by atoms with Crippen molar-refractivity contribution in [3.63, 3.8) is 0 Å². The van der Waals surface area contributed by atoms with Gasteiger partial charge in [-0.25, -0.2) is 0 Å². The van der Waals surface area contributed by atoms with Crippen LogP contribution in [0.4, 0.5) is 0 Å². The summed E-state index contributed by atoms with van der Waals surface area (Å²) in [4.78, 5) is 11.3. The van der Waals surface area contributed by atoms with Crippen molar-refractivity contribution < 1.29 is 9.53 Å². The van der Waals surface area contributed by atoms with Crippen LogP contribution < -0.4 is 16.4 Å². The number of nitrogens with two attached hydrogens (primary N) is 1. The Kier molecular flexibility index (Phi) is 11.6. The molecule has 0 bridgehead atoms. The first kappa shape index (κ1) is 16.1. The van der Waals surface area contributed by atoms with Gasteiger partial charge in [0.2, 0.25) is 5.91 Å². The highest BCUT2D eigenvalue weighted by atomic mass is 33.1. The zero-order chi connectivity index (χ0) is 12.2.